The Morgan fingerprint density at radius 1 is 1.18 bits per heavy atom. The number of carbonyl (C=O) groups is 2. The summed E-state index contributed by atoms with van der Waals surface area (Å²) in [5.41, 5.74) is 0.866. The van der Waals surface area contributed by atoms with Crippen LogP contribution in [0.1, 0.15) is 38.4 Å². The lowest BCUT2D eigenvalue weighted by atomic mass is 10.1. The molecule has 2 heterocycles. The summed E-state index contributed by atoms with van der Waals surface area (Å²) in [6.07, 6.45) is 2.20. The zero-order valence-corrected chi connectivity index (χ0v) is 14.4. The number of thiocarbonyl (C=S) groups is 1. The Morgan fingerprint density at radius 2 is 1.77 bits per heavy atom. The molecule has 120 valence electrons. The summed E-state index contributed by atoms with van der Waals surface area (Å²) < 4.78 is 9.56. The predicted octanol–water partition coefficient (Wildman–Crippen LogP) is 2.42. The second kappa shape index (κ2) is 7.06. The smallest absolute Gasteiger partial charge is 0.348 e. The molecule has 0 aliphatic carbocycles. The number of carbonyl (C=O) groups excluding carboxylic acids is 2. The van der Waals surface area contributed by atoms with Gasteiger partial charge in [-0.15, -0.1) is 11.3 Å². The summed E-state index contributed by atoms with van der Waals surface area (Å²) in [4.78, 5) is 26.3. The van der Waals surface area contributed by atoms with E-state index in [1.807, 2.05) is 4.90 Å². The lowest BCUT2D eigenvalue weighted by Crippen LogP contribution is -2.32. The molecule has 1 aromatic heterocycles. The van der Waals surface area contributed by atoms with Crippen LogP contribution in [0, 0.1) is 6.92 Å². The molecule has 2 rings (SSSR count). The van der Waals surface area contributed by atoms with E-state index >= 15 is 0 Å². The minimum Gasteiger partial charge on any atom is -0.465 e. The van der Waals surface area contributed by atoms with E-state index in [9.17, 15) is 9.59 Å². The molecule has 8 heteroatoms. The third-order valence-corrected chi connectivity index (χ3v) is 5.07. The summed E-state index contributed by atoms with van der Waals surface area (Å²) in [6, 6.07) is 0. The lowest BCUT2D eigenvalue weighted by Gasteiger charge is -2.19. The van der Waals surface area contributed by atoms with Crippen molar-refractivity contribution >= 4 is 45.6 Å². The Morgan fingerprint density at radius 3 is 2.32 bits per heavy atom. The topological polar surface area (TPSA) is 67.9 Å². The van der Waals surface area contributed by atoms with E-state index in [0.717, 1.165) is 37.3 Å². The number of ether oxygens (including phenoxy) is 2. The Kier molecular flexibility index (Phi) is 5.36. The Bertz CT molecular complexity index is 606. The lowest BCUT2D eigenvalue weighted by molar-refractivity contribution is 0.0601. The summed E-state index contributed by atoms with van der Waals surface area (Å²) in [6.45, 7) is 3.49. The van der Waals surface area contributed by atoms with Crippen LogP contribution in [-0.4, -0.2) is 49.3 Å². The van der Waals surface area contributed by atoms with Crippen molar-refractivity contribution < 1.29 is 19.1 Å². The van der Waals surface area contributed by atoms with Crippen molar-refractivity contribution in [3.05, 3.63) is 16.0 Å². The van der Waals surface area contributed by atoms with Crippen LogP contribution in [0.15, 0.2) is 0 Å². The highest BCUT2D eigenvalue weighted by Crippen LogP contribution is 2.34. The molecule has 0 aromatic carbocycles. The van der Waals surface area contributed by atoms with E-state index in [1.54, 1.807) is 6.92 Å². The molecule has 0 saturated carbocycles. The summed E-state index contributed by atoms with van der Waals surface area (Å²) in [5.74, 6) is -0.983. The quantitative estimate of drug-likeness (QED) is 0.668. The third-order valence-electron chi connectivity index (χ3n) is 3.52. The van der Waals surface area contributed by atoms with Gasteiger partial charge in [-0.25, -0.2) is 9.59 Å². The standard InChI is InChI=1S/C14H18N2O4S2/c1-8-9(12(17)19-2)11(22-10(8)13(18)20-3)15-14(21)16-6-4-5-7-16/h4-7H2,1-3H3,(H,15,21). The van der Waals surface area contributed by atoms with Crippen molar-refractivity contribution in [1.29, 1.82) is 0 Å². The molecule has 0 atom stereocenters. The first-order valence-corrected chi connectivity index (χ1v) is 8.08. The first-order valence-electron chi connectivity index (χ1n) is 6.85. The van der Waals surface area contributed by atoms with Gasteiger partial charge in [0.1, 0.15) is 9.88 Å². The number of likely N-dealkylation sites (tertiary alicyclic amines) is 1. The molecule has 1 aliphatic heterocycles. The maximum Gasteiger partial charge on any atom is 0.348 e. The molecule has 6 nitrogen and oxygen atoms in total. The minimum atomic E-state index is -0.504. The van der Waals surface area contributed by atoms with Crippen molar-refractivity contribution in [3.63, 3.8) is 0 Å². The van der Waals surface area contributed by atoms with Gasteiger partial charge >= 0.3 is 11.9 Å². The average molecular weight is 342 g/mol. The van der Waals surface area contributed by atoms with E-state index < -0.39 is 11.9 Å². The number of nitrogens with one attached hydrogen (secondary N) is 1. The van der Waals surface area contributed by atoms with Gasteiger partial charge in [0, 0.05) is 13.1 Å². The number of rotatable bonds is 3. The second-order valence-electron chi connectivity index (χ2n) is 4.87. The fourth-order valence-electron chi connectivity index (χ4n) is 2.33. The van der Waals surface area contributed by atoms with Crippen molar-refractivity contribution in [2.45, 2.75) is 19.8 Å². The molecule has 1 saturated heterocycles. The number of esters is 2. The Hall–Kier alpha value is -1.67. The molecule has 0 amide bonds. The SMILES string of the molecule is COC(=O)c1sc(NC(=S)N2CCCC2)c(C(=O)OC)c1C. The molecule has 1 N–H and O–H groups in total. The number of hydrogen-bond donors (Lipinski definition) is 1. The molecule has 0 bridgehead atoms. The molecule has 22 heavy (non-hydrogen) atoms. The van der Waals surface area contributed by atoms with Crippen LogP contribution in [0.3, 0.4) is 0 Å². The summed E-state index contributed by atoms with van der Waals surface area (Å²) in [7, 11) is 2.61. The van der Waals surface area contributed by atoms with Gasteiger partial charge in [-0.2, -0.15) is 0 Å². The number of anilines is 1. The van der Waals surface area contributed by atoms with Crippen LogP contribution in [-0.2, 0) is 9.47 Å². The molecular weight excluding hydrogens is 324 g/mol. The third kappa shape index (κ3) is 3.22. The largest absolute Gasteiger partial charge is 0.465 e. The van der Waals surface area contributed by atoms with E-state index in [4.69, 9.17) is 21.7 Å². The maximum absolute atomic E-state index is 12.0. The van der Waals surface area contributed by atoms with E-state index in [2.05, 4.69) is 5.32 Å². The van der Waals surface area contributed by atoms with Crippen LogP contribution >= 0.6 is 23.6 Å². The first kappa shape index (κ1) is 16.7. The van der Waals surface area contributed by atoms with Gasteiger partial charge in [0.05, 0.1) is 19.8 Å². The van der Waals surface area contributed by atoms with Crippen LogP contribution < -0.4 is 5.32 Å². The van der Waals surface area contributed by atoms with Crippen molar-refractivity contribution in [2.75, 3.05) is 32.6 Å². The van der Waals surface area contributed by atoms with Crippen LogP contribution in [0.4, 0.5) is 5.00 Å². The molecule has 0 spiro atoms. The zero-order valence-electron chi connectivity index (χ0n) is 12.7. The normalized spacial score (nSPS) is 13.9. The summed E-state index contributed by atoms with van der Waals surface area (Å²) in [5, 5.41) is 4.15. The van der Waals surface area contributed by atoms with Gasteiger partial charge in [-0.3, -0.25) is 0 Å². The molecule has 1 aromatic rings. The summed E-state index contributed by atoms with van der Waals surface area (Å²) >= 11 is 6.53. The van der Waals surface area contributed by atoms with Crippen molar-refractivity contribution in [2.24, 2.45) is 0 Å². The highest BCUT2D eigenvalue weighted by molar-refractivity contribution is 7.80. The van der Waals surface area contributed by atoms with Crippen LogP contribution in [0.2, 0.25) is 0 Å². The van der Waals surface area contributed by atoms with Gasteiger partial charge in [-0.1, -0.05) is 0 Å². The number of nitrogens with zero attached hydrogens (tertiary/aromatic N) is 1. The fourth-order valence-corrected chi connectivity index (χ4v) is 3.79. The van der Waals surface area contributed by atoms with Gasteiger partial charge < -0.3 is 19.7 Å². The van der Waals surface area contributed by atoms with Gasteiger partial charge in [-0.05, 0) is 37.5 Å². The van der Waals surface area contributed by atoms with Gasteiger partial charge in [0.2, 0.25) is 0 Å². The van der Waals surface area contributed by atoms with Crippen LogP contribution in [0.5, 0.6) is 0 Å². The van der Waals surface area contributed by atoms with E-state index in [-0.39, 0.29) is 0 Å². The second-order valence-corrected chi connectivity index (χ2v) is 6.28. The number of methoxy groups -OCH3 is 2. The fraction of sp³-hybridized carbons (Fsp3) is 0.500. The van der Waals surface area contributed by atoms with Gasteiger partial charge in [0.25, 0.3) is 0 Å². The Balaban J connectivity index is 2.33. The molecular formula is C14H18N2O4S2. The average Bonchev–Trinajstić information content (AvgIpc) is 3.14. The van der Waals surface area contributed by atoms with E-state index in [1.165, 1.54) is 14.2 Å². The molecule has 0 radical (unpaired) electrons. The maximum atomic E-state index is 12.0. The highest BCUT2D eigenvalue weighted by Gasteiger charge is 2.27. The Labute approximate surface area is 138 Å². The zero-order chi connectivity index (χ0) is 16.3. The van der Waals surface area contributed by atoms with Gasteiger partial charge in [0.15, 0.2) is 5.11 Å². The van der Waals surface area contributed by atoms with Crippen LogP contribution in [0.25, 0.3) is 0 Å². The monoisotopic (exact) mass is 342 g/mol. The molecule has 1 aliphatic rings. The van der Waals surface area contributed by atoms with Crippen molar-refractivity contribution in [1.82, 2.24) is 4.90 Å². The predicted molar refractivity (Wildman–Crippen MR) is 88.8 cm³/mol. The molecule has 0 unspecified atom stereocenters. The minimum absolute atomic E-state index is 0.328. The number of thiophene rings is 1. The first-order chi connectivity index (χ1) is 10.5. The highest BCUT2D eigenvalue weighted by atomic mass is 32.1. The van der Waals surface area contributed by atoms with E-state index in [0.29, 0.717) is 26.1 Å². The molecule has 1 fully saturated rings. The number of hydrogen-bond acceptors (Lipinski definition) is 6. The van der Waals surface area contributed by atoms with Crippen molar-refractivity contribution in [3.8, 4) is 0 Å².